The van der Waals surface area contributed by atoms with E-state index in [1.165, 1.54) is 6.07 Å². The molecule has 9 nitrogen and oxygen atoms in total. The molecule has 1 heterocycles. The normalized spacial score (nSPS) is 19.7. The number of hydrazine groups is 1. The summed E-state index contributed by atoms with van der Waals surface area (Å²) in [7, 11) is 0. The maximum atomic E-state index is 14.0. The zero-order valence-electron chi connectivity index (χ0n) is 25.9. The summed E-state index contributed by atoms with van der Waals surface area (Å²) in [4.78, 5) is 29.2. The summed E-state index contributed by atoms with van der Waals surface area (Å²) in [6.07, 6.45) is -1.37. The van der Waals surface area contributed by atoms with Crippen molar-refractivity contribution < 1.29 is 32.6 Å². The fourth-order valence-corrected chi connectivity index (χ4v) is 5.83. The van der Waals surface area contributed by atoms with Crippen LogP contribution in [0.1, 0.15) is 49.8 Å². The van der Waals surface area contributed by atoms with Crippen LogP contribution in [0.2, 0.25) is 0 Å². The Morgan fingerprint density at radius 2 is 1.87 bits per heavy atom. The number of nitrogens with two attached hydrogens (primary N) is 1. The van der Waals surface area contributed by atoms with E-state index in [4.69, 9.17) is 10.5 Å². The van der Waals surface area contributed by atoms with E-state index in [0.717, 1.165) is 30.5 Å². The van der Waals surface area contributed by atoms with Crippen molar-refractivity contribution in [3.63, 3.8) is 0 Å². The lowest BCUT2D eigenvalue weighted by atomic mass is 9.76. The molecule has 3 atom stereocenters. The van der Waals surface area contributed by atoms with Gasteiger partial charge in [-0.2, -0.15) is 13.2 Å². The second-order valence-electron chi connectivity index (χ2n) is 11.6. The predicted molar refractivity (Wildman–Crippen MR) is 164 cm³/mol. The zero-order valence-corrected chi connectivity index (χ0v) is 25.9. The van der Waals surface area contributed by atoms with Crippen molar-refractivity contribution >= 4 is 11.8 Å². The third-order valence-electron chi connectivity index (χ3n) is 8.34. The first kappa shape index (κ1) is 34.4. The van der Waals surface area contributed by atoms with Crippen molar-refractivity contribution in [3.05, 3.63) is 83.1 Å². The Kier molecular flexibility index (Phi) is 11.6. The third kappa shape index (κ3) is 8.63. The Labute approximate surface area is 262 Å². The van der Waals surface area contributed by atoms with Crippen molar-refractivity contribution in [3.8, 4) is 0 Å². The van der Waals surface area contributed by atoms with Gasteiger partial charge in [0.25, 0.3) is 5.91 Å². The second-order valence-corrected chi connectivity index (χ2v) is 11.6. The molecule has 4 rings (SSSR count). The molecule has 1 saturated carbocycles. The minimum atomic E-state index is -4.47. The number of amides is 2. The Balaban J connectivity index is 1.60. The molecule has 246 valence electrons. The van der Waals surface area contributed by atoms with E-state index in [-0.39, 0.29) is 31.5 Å². The van der Waals surface area contributed by atoms with Crippen LogP contribution in [-0.4, -0.2) is 77.4 Å². The first-order valence-electron chi connectivity index (χ1n) is 15.6. The first-order chi connectivity index (χ1) is 21.5. The molecule has 0 bridgehead atoms. The van der Waals surface area contributed by atoms with E-state index in [1.807, 2.05) is 49.1 Å². The molecule has 2 aromatic carbocycles. The largest absolute Gasteiger partial charge is 0.416 e. The lowest BCUT2D eigenvalue weighted by molar-refractivity contribution is -0.137. The fourth-order valence-electron chi connectivity index (χ4n) is 5.83. The van der Waals surface area contributed by atoms with E-state index in [1.54, 1.807) is 17.2 Å². The fraction of sp³-hybridized carbons (Fsp3) is 0.515. The van der Waals surface area contributed by atoms with E-state index >= 15 is 0 Å². The molecule has 5 N–H and O–H groups in total. The molecule has 1 unspecified atom stereocenters. The summed E-state index contributed by atoms with van der Waals surface area (Å²) in [5.74, 6) is -1.81. The number of aliphatic hydroxyl groups excluding tert-OH is 1. The highest BCUT2D eigenvalue weighted by Crippen LogP contribution is 2.36. The maximum Gasteiger partial charge on any atom is 0.416 e. The van der Waals surface area contributed by atoms with E-state index in [0.29, 0.717) is 44.0 Å². The number of nitrogens with one attached hydrogen (secondary N) is 2. The number of rotatable bonds is 17. The molecule has 2 aliphatic rings. The van der Waals surface area contributed by atoms with Crippen molar-refractivity contribution in [2.75, 3.05) is 32.8 Å². The molecular formula is C33H44F3N5O4. The minimum Gasteiger partial charge on any atom is -0.391 e. The number of hydrogen-bond donors (Lipinski definition) is 4. The Morgan fingerprint density at radius 1 is 1.16 bits per heavy atom. The maximum absolute atomic E-state index is 14.0. The second kappa shape index (κ2) is 15.2. The quantitative estimate of drug-likeness (QED) is 0.198. The van der Waals surface area contributed by atoms with Gasteiger partial charge in [-0.25, -0.2) is 5.43 Å². The Bertz CT molecular complexity index is 1320. The molecule has 1 aliphatic carbocycles. The van der Waals surface area contributed by atoms with Gasteiger partial charge in [0.2, 0.25) is 5.91 Å². The zero-order chi connectivity index (χ0) is 32.6. The molecule has 12 heteroatoms. The number of hydrogen-bond acceptors (Lipinski definition) is 7. The van der Waals surface area contributed by atoms with Gasteiger partial charge in [0.1, 0.15) is 11.2 Å². The lowest BCUT2D eigenvalue weighted by Gasteiger charge is -2.38. The van der Waals surface area contributed by atoms with Gasteiger partial charge >= 0.3 is 6.18 Å². The number of aliphatic hydroxyl groups is 1. The van der Waals surface area contributed by atoms with Gasteiger partial charge in [-0.15, -0.1) is 0 Å². The van der Waals surface area contributed by atoms with Crippen LogP contribution in [0.5, 0.6) is 0 Å². The SMILES string of the molecule is CCOCCCN(C(=O)C1=CC(C(N)=O)([C@H](Cc2ccccc2)[C@@H](O)CNCc2cccc(C(F)(F)F)c2)NN1CC)C1CC1. The van der Waals surface area contributed by atoms with Gasteiger partial charge in [-0.05, 0) is 62.8 Å². The van der Waals surface area contributed by atoms with Crippen LogP contribution < -0.4 is 16.5 Å². The number of alkyl halides is 3. The summed E-state index contributed by atoms with van der Waals surface area (Å²) in [5, 5.41) is 16.3. The van der Waals surface area contributed by atoms with Crippen LogP contribution in [0.3, 0.4) is 0 Å². The molecule has 0 radical (unpaired) electrons. The van der Waals surface area contributed by atoms with E-state index in [9.17, 15) is 27.9 Å². The van der Waals surface area contributed by atoms with Crippen molar-refractivity contribution in [2.45, 2.75) is 69.9 Å². The third-order valence-corrected chi connectivity index (χ3v) is 8.34. The standard InChI is InChI=1S/C33H44F3N5O4/c1-3-41-28(30(43)40(26-14-15-26)16-9-17-45-4-2)20-32(39-41,31(37)44)27(19-23-10-6-5-7-11-23)29(42)22-38-21-24-12-8-13-25(18-24)33(34,35)36/h5-8,10-13,18,20,26-27,29,38-39,42H,3-4,9,14-17,19,21-22H2,1-2H3,(H2,37,44)/t27-,29+,32?/m1/s1. The number of carbonyl (C=O) groups excluding carboxylic acids is 2. The van der Waals surface area contributed by atoms with Gasteiger partial charge in [0.05, 0.1) is 11.7 Å². The van der Waals surface area contributed by atoms with Crippen LogP contribution in [-0.2, 0) is 33.5 Å². The van der Waals surface area contributed by atoms with Crippen molar-refractivity contribution in [1.82, 2.24) is 20.7 Å². The highest BCUT2D eigenvalue weighted by molar-refractivity contribution is 5.97. The Hall–Kier alpha value is -3.45. The predicted octanol–water partition coefficient (Wildman–Crippen LogP) is 3.38. The van der Waals surface area contributed by atoms with E-state index < -0.39 is 35.2 Å². The topological polar surface area (TPSA) is 120 Å². The summed E-state index contributed by atoms with van der Waals surface area (Å²) in [6.45, 7) is 5.78. The number of ether oxygens (including phenoxy) is 1. The average molecular weight is 632 g/mol. The summed E-state index contributed by atoms with van der Waals surface area (Å²) in [5.41, 5.74) is 8.44. The Morgan fingerprint density at radius 3 is 2.49 bits per heavy atom. The van der Waals surface area contributed by atoms with Crippen molar-refractivity contribution in [1.29, 1.82) is 0 Å². The van der Waals surface area contributed by atoms with Gasteiger partial charge in [0.15, 0.2) is 0 Å². The number of nitrogens with zero attached hydrogens (tertiary/aromatic N) is 2. The minimum absolute atomic E-state index is 0.0423. The van der Waals surface area contributed by atoms with Gasteiger partial charge < -0.3 is 30.8 Å². The average Bonchev–Trinajstić information content (AvgIpc) is 3.78. The summed E-state index contributed by atoms with van der Waals surface area (Å²) in [6, 6.07) is 14.4. The molecule has 45 heavy (non-hydrogen) atoms. The molecular weight excluding hydrogens is 587 g/mol. The monoisotopic (exact) mass is 631 g/mol. The number of halogens is 3. The lowest BCUT2D eigenvalue weighted by Crippen LogP contribution is -2.63. The van der Waals surface area contributed by atoms with Crippen LogP contribution in [0.4, 0.5) is 13.2 Å². The molecule has 0 aromatic heterocycles. The highest BCUT2D eigenvalue weighted by atomic mass is 19.4. The molecule has 1 aliphatic heterocycles. The first-order valence-corrected chi connectivity index (χ1v) is 15.6. The molecule has 2 aromatic rings. The van der Waals surface area contributed by atoms with Crippen LogP contribution in [0.15, 0.2) is 66.4 Å². The number of benzene rings is 2. The molecule has 1 fully saturated rings. The summed E-state index contributed by atoms with van der Waals surface area (Å²) >= 11 is 0. The number of primary amides is 1. The van der Waals surface area contributed by atoms with Crippen LogP contribution in [0, 0.1) is 5.92 Å². The smallest absolute Gasteiger partial charge is 0.391 e. The molecule has 0 spiro atoms. The van der Waals surface area contributed by atoms with Gasteiger partial charge in [-0.1, -0.05) is 48.5 Å². The molecule has 2 amide bonds. The van der Waals surface area contributed by atoms with Gasteiger partial charge in [-0.3, -0.25) is 9.59 Å². The van der Waals surface area contributed by atoms with Crippen LogP contribution in [0.25, 0.3) is 0 Å². The van der Waals surface area contributed by atoms with Crippen molar-refractivity contribution in [2.24, 2.45) is 11.7 Å². The van der Waals surface area contributed by atoms with E-state index in [2.05, 4.69) is 10.7 Å². The van der Waals surface area contributed by atoms with Gasteiger partial charge in [0, 0.05) is 51.4 Å². The number of likely N-dealkylation sites (N-methyl/N-ethyl adjacent to an activating group) is 1. The highest BCUT2D eigenvalue weighted by Gasteiger charge is 2.52. The van der Waals surface area contributed by atoms with Crippen LogP contribution >= 0.6 is 0 Å². The summed E-state index contributed by atoms with van der Waals surface area (Å²) < 4.78 is 45.1. The number of carbonyl (C=O) groups is 2. The molecule has 0 saturated heterocycles.